The van der Waals surface area contributed by atoms with Gasteiger partial charge in [0.25, 0.3) is 0 Å². The highest BCUT2D eigenvalue weighted by Gasteiger charge is 2.48. The number of benzene rings is 4. The maximum Gasteiger partial charge on any atom is 0.419 e. The number of amides is 4. The first-order valence-electron chi connectivity index (χ1n) is 31.1. The predicted octanol–water partition coefficient (Wildman–Crippen LogP) is 6.48. The summed E-state index contributed by atoms with van der Waals surface area (Å²) < 4.78 is 59.8. The molecule has 0 fully saturated rings. The number of fused-ring (bicyclic) bond motifs is 2. The van der Waals surface area contributed by atoms with Gasteiger partial charge < -0.3 is 68.6 Å². The third kappa shape index (κ3) is 19.4. The van der Waals surface area contributed by atoms with E-state index in [0.29, 0.717) is 80.3 Å². The van der Waals surface area contributed by atoms with Crippen molar-refractivity contribution in [3.63, 3.8) is 0 Å². The first kappa shape index (κ1) is 73.7. The van der Waals surface area contributed by atoms with E-state index in [1.54, 1.807) is 36.4 Å². The number of nitrogens with one attached hydrogen (secondary N) is 6. The SMILES string of the molecule is COc1ccc(C[C@]2(OC(=O)C(=O)O[C@@]3(Cc4ccc(OC)c(OC)c4)NCCc4cc(CC(OC)C(=O)NC(C)(C)C)c(CC(OC)C(=O)NC(C)(C)C)cc43)NCCc3cc(CC(OC)C(=O)NC(C)(C)C)c(CC(OC)C(=O)NC(C)(C)C)cc32)cc1OC. The Labute approximate surface area is 543 Å². The fraction of sp³-hybridized carbons (Fsp3) is 0.571. The molecule has 0 radical (unpaired) electrons. The summed E-state index contributed by atoms with van der Waals surface area (Å²) in [6.07, 6.45) is -3.07. The maximum atomic E-state index is 15.5. The van der Waals surface area contributed by atoms with Gasteiger partial charge in [0.2, 0.25) is 23.6 Å². The molecule has 92 heavy (non-hydrogen) atoms. The molecule has 2 aliphatic heterocycles. The van der Waals surface area contributed by atoms with Crippen LogP contribution < -0.4 is 50.8 Å². The first-order chi connectivity index (χ1) is 43.0. The number of hydrogen-bond acceptors (Lipinski definition) is 18. The number of rotatable bonds is 26. The number of hydrogen-bond donors (Lipinski definition) is 6. The normalized spacial score (nSPS) is 17.9. The molecule has 0 aliphatic carbocycles. The molecule has 6 rings (SSSR count). The Morgan fingerprint density at radius 3 is 0.924 bits per heavy atom. The fourth-order valence-corrected chi connectivity index (χ4v) is 11.7. The second-order valence-electron chi connectivity index (χ2n) is 27.7. The third-order valence-corrected chi connectivity index (χ3v) is 15.8. The molecule has 0 spiro atoms. The van der Waals surface area contributed by atoms with Crippen molar-refractivity contribution < 1.29 is 76.1 Å². The van der Waals surface area contributed by atoms with Crippen LogP contribution in [0.4, 0.5) is 0 Å². The molecule has 4 aromatic carbocycles. The highest BCUT2D eigenvalue weighted by atomic mass is 16.6. The second kappa shape index (κ2) is 30.6. The van der Waals surface area contributed by atoms with E-state index in [9.17, 15) is 19.2 Å². The monoisotopic (exact) mass is 1280 g/mol. The van der Waals surface area contributed by atoms with Crippen LogP contribution in [0.15, 0.2) is 60.7 Å². The Hall–Kier alpha value is -7.34. The minimum Gasteiger partial charge on any atom is -0.493 e. The molecular weight excluding hydrogens is 1180 g/mol. The van der Waals surface area contributed by atoms with E-state index in [2.05, 4.69) is 31.9 Å². The summed E-state index contributed by atoms with van der Waals surface area (Å²) in [7, 11) is 11.9. The van der Waals surface area contributed by atoms with E-state index >= 15 is 9.59 Å². The number of ether oxygens (including phenoxy) is 10. The maximum absolute atomic E-state index is 15.5. The summed E-state index contributed by atoms with van der Waals surface area (Å²) >= 11 is 0. The van der Waals surface area contributed by atoms with Crippen molar-refractivity contribution in [2.45, 2.75) is 192 Å². The van der Waals surface area contributed by atoms with E-state index in [-0.39, 0.29) is 75.2 Å². The molecule has 2 aliphatic rings. The van der Waals surface area contributed by atoms with E-state index < -0.39 is 70.0 Å². The van der Waals surface area contributed by atoms with Crippen molar-refractivity contribution in [2.24, 2.45) is 0 Å². The van der Waals surface area contributed by atoms with Gasteiger partial charge >= 0.3 is 11.9 Å². The van der Waals surface area contributed by atoms with Crippen LogP contribution in [0.3, 0.4) is 0 Å². The lowest BCUT2D eigenvalue weighted by molar-refractivity contribution is -0.193. The van der Waals surface area contributed by atoms with Crippen molar-refractivity contribution in [3.8, 4) is 23.0 Å². The molecule has 6 N–H and O–H groups in total. The largest absolute Gasteiger partial charge is 0.493 e. The zero-order valence-corrected chi connectivity index (χ0v) is 57.7. The molecule has 4 amide bonds. The van der Waals surface area contributed by atoms with Gasteiger partial charge in [-0.25, -0.2) is 9.59 Å². The van der Waals surface area contributed by atoms with E-state index in [1.807, 2.05) is 107 Å². The van der Waals surface area contributed by atoms with Crippen LogP contribution in [0.2, 0.25) is 0 Å². The van der Waals surface area contributed by atoms with Crippen LogP contribution >= 0.6 is 0 Å². The van der Waals surface area contributed by atoms with Gasteiger partial charge in [0.05, 0.1) is 28.4 Å². The highest BCUT2D eigenvalue weighted by molar-refractivity contribution is 6.30. The Morgan fingerprint density at radius 2 is 0.674 bits per heavy atom. The zero-order chi connectivity index (χ0) is 68.3. The molecule has 22 nitrogen and oxygen atoms in total. The number of methoxy groups -OCH3 is 8. The molecule has 506 valence electrons. The van der Waals surface area contributed by atoms with Crippen LogP contribution in [0, 0.1) is 0 Å². The Balaban J connectivity index is 1.57. The number of carbonyl (C=O) groups is 6. The van der Waals surface area contributed by atoms with Gasteiger partial charge in [-0.2, -0.15) is 0 Å². The van der Waals surface area contributed by atoms with Crippen molar-refractivity contribution >= 4 is 35.6 Å². The van der Waals surface area contributed by atoms with Gasteiger partial charge in [-0.3, -0.25) is 29.8 Å². The van der Waals surface area contributed by atoms with Gasteiger partial charge in [-0.15, -0.1) is 0 Å². The minimum absolute atomic E-state index is 0.0108. The van der Waals surface area contributed by atoms with Gasteiger partial charge in [0, 0.05) is 113 Å². The summed E-state index contributed by atoms with van der Waals surface area (Å²) in [5, 5.41) is 19.1. The van der Waals surface area contributed by atoms with Crippen molar-refractivity contribution in [3.05, 3.63) is 116 Å². The third-order valence-electron chi connectivity index (χ3n) is 15.8. The number of carbonyl (C=O) groups excluding carboxylic acids is 6. The smallest absolute Gasteiger partial charge is 0.419 e. The molecule has 6 atom stereocenters. The molecule has 4 aromatic rings. The first-order valence-corrected chi connectivity index (χ1v) is 31.1. The molecule has 0 bridgehead atoms. The van der Waals surface area contributed by atoms with E-state index in [4.69, 9.17) is 47.4 Å². The summed E-state index contributed by atoms with van der Waals surface area (Å²) in [6.45, 7) is 23.0. The Kier molecular flexibility index (Phi) is 24.5. The Bertz CT molecular complexity index is 3070. The minimum atomic E-state index is -1.83. The van der Waals surface area contributed by atoms with Gasteiger partial charge in [0.1, 0.15) is 24.4 Å². The zero-order valence-electron chi connectivity index (χ0n) is 57.7. The van der Waals surface area contributed by atoms with Crippen molar-refractivity contribution in [1.82, 2.24) is 31.9 Å². The average molecular weight is 1280 g/mol. The standard InChI is InChI=1S/C70H100N6O16/c1-65(2,3)73-59(77)55(87-17)35-45-31-43-25-27-71-69(39-41-21-23-51(83-13)53(29-41)85-15,49(43)33-47(45)37-57(89-19)61(79)75-67(7,8)9)91-63(81)64(82)92-70(40-42-22-24-52(84-14)54(30-42)86-16)50-34-48(38-58(90-20)62(80)76-68(10,11)12)46(32-44(50)26-28-72-70)36-56(88-18)60(78)74-66(4,5)6/h21-24,29-34,55-58,71-72H,25-28,35-40H2,1-20H3,(H,73,77)(H,74,78)(H,75,79)(H,76,80)/t55?,56?,57?,58?,69-,70-/m1/s1. The van der Waals surface area contributed by atoms with Crippen molar-refractivity contribution in [2.75, 3.05) is 70.0 Å². The second-order valence-corrected chi connectivity index (χ2v) is 27.7. The van der Waals surface area contributed by atoms with Gasteiger partial charge in [0.15, 0.2) is 34.4 Å². The lowest BCUT2D eigenvalue weighted by Crippen LogP contribution is -2.55. The summed E-state index contributed by atoms with van der Waals surface area (Å²) in [6, 6.07) is 18.1. The molecule has 0 saturated heterocycles. The van der Waals surface area contributed by atoms with Crippen LogP contribution in [0.1, 0.15) is 139 Å². The highest BCUT2D eigenvalue weighted by Crippen LogP contribution is 2.42. The fourth-order valence-electron chi connectivity index (χ4n) is 11.7. The van der Waals surface area contributed by atoms with Crippen LogP contribution in [0.5, 0.6) is 23.0 Å². The Morgan fingerprint density at radius 1 is 0.402 bits per heavy atom. The summed E-state index contributed by atoms with van der Waals surface area (Å²) in [5.74, 6) is -2.48. The van der Waals surface area contributed by atoms with Crippen LogP contribution in [-0.4, -0.2) is 152 Å². The topological polar surface area (TPSA) is 267 Å². The molecular formula is C70H100N6O16. The summed E-state index contributed by atoms with van der Waals surface area (Å²) in [4.78, 5) is 86.8. The van der Waals surface area contributed by atoms with Gasteiger partial charge in [-0.1, -0.05) is 24.3 Å². The predicted molar refractivity (Wildman–Crippen MR) is 348 cm³/mol. The van der Waals surface area contributed by atoms with Gasteiger partial charge in [-0.05, 0) is 177 Å². The number of esters is 2. The molecule has 2 heterocycles. The van der Waals surface area contributed by atoms with E-state index in [1.165, 1.54) is 56.9 Å². The molecule has 22 heteroatoms. The molecule has 0 saturated carbocycles. The van der Waals surface area contributed by atoms with Crippen LogP contribution in [0.25, 0.3) is 0 Å². The van der Waals surface area contributed by atoms with Crippen molar-refractivity contribution in [1.29, 1.82) is 0 Å². The van der Waals surface area contributed by atoms with E-state index in [0.717, 1.165) is 11.1 Å². The molecule has 0 aromatic heterocycles. The molecule has 4 unspecified atom stereocenters. The lowest BCUT2D eigenvalue weighted by atomic mass is 9.82. The summed E-state index contributed by atoms with van der Waals surface area (Å²) in [5.41, 5.74) is 0.0616. The quantitative estimate of drug-likeness (QED) is 0.0290. The average Bonchev–Trinajstić information content (AvgIpc) is 0.766. The van der Waals surface area contributed by atoms with Crippen LogP contribution in [-0.2, 0) is 120 Å². The lowest BCUT2D eigenvalue weighted by Gasteiger charge is -2.42.